The third-order valence-electron chi connectivity index (χ3n) is 4.11. The van der Waals surface area contributed by atoms with Gasteiger partial charge in [-0.15, -0.1) is 5.10 Å². The van der Waals surface area contributed by atoms with Gasteiger partial charge in [0.25, 0.3) is 0 Å². The van der Waals surface area contributed by atoms with Gasteiger partial charge in [-0.2, -0.15) is 0 Å². The molecule has 9 nitrogen and oxygen atoms in total. The summed E-state index contributed by atoms with van der Waals surface area (Å²) in [5, 5.41) is 14.8. The minimum Gasteiger partial charge on any atom is -0.325 e. The molecule has 0 aliphatic rings. The number of aromatic amines is 2. The van der Waals surface area contributed by atoms with Gasteiger partial charge in [-0.05, 0) is 41.1 Å². The Balaban J connectivity index is 1.43. The molecule has 0 saturated carbocycles. The molecule has 0 saturated heterocycles. The zero-order valence-corrected chi connectivity index (χ0v) is 15.7. The van der Waals surface area contributed by atoms with Crippen molar-refractivity contribution in [1.29, 1.82) is 0 Å². The zero-order valence-electron chi connectivity index (χ0n) is 14.9. The van der Waals surface area contributed by atoms with Crippen LogP contribution in [0.4, 0.5) is 5.69 Å². The van der Waals surface area contributed by atoms with Crippen molar-refractivity contribution >= 4 is 34.4 Å². The number of hydrogen-bond donors (Lipinski definition) is 3. The number of amides is 1. The second-order valence-corrected chi connectivity index (χ2v) is 7.50. The number of nitrogens with zero attached hydrogens (tertiary/aromatic N) is 4. The molecular formula is C18H17N7O2S. The third-order valence-corrected chi connectivity index (χ3v) is 5.18. The molecular weight excluding hydrogens is 378 g/mol. The van der Waals surface area contributed by atoms with Gasteiger partial charge in [-0.1, -0.05) is 42.1 Å². The Hall–Kier alpha value is -3.40. The molecule has 142 valence electrons. The summed E-state index contributed by atoms with van der Waals surface area (Å²) >= 11 is 1.28. The first-order chi connectivity index (χ1) is 13.6. The van der Waals surface area contributed by atoms with Crippen LogP contribution in [-0.4, -0.2) is 41.3 Å². The molecule has 4 aromatic rings. The fraction of sp³-hybridized carbons (Fsp3) is 0.167. The third kappa shape index (κ3) is 3.96. The predicted octanol–water partition coefficient (Wildman–Crippen LogP) is 2.01. The molecule has 4 rings (SSSR count). The molecule has 2 heterocycles. The molecule has 0 unspecified atom stereocenters. The van der Waals surface area contributed by atoms with E-state index < -0.39 is 5.25 Å². The lowest BCUT2D eigenvalue weighted by molar-refractivity contribution is -0.115. The van der Waals surface area contributed by atoms with Crippen LogP contribution in [0.1, 0.15) is 12.5 Å². The average molecular weight is 395 g/mol. The average Bonchev–Trinajstić information content (AvgIpc) is 3.27. The fourth-order valence-electron chi connectivity index (χ4n) is 2.70. The van der Waals surface area contributed by atoms with Gasteiger partial charge in [0.15, 0.2) is 0 Å². The summed E-state index contributed by atoms with van der Waals surface area (Å²) in [6.45, 7) is 2.32. The molecule has 0 aliphatic heterocycles. The second kappa shape index (κ2) is 7.69. The lowest BCUT2D eigenvalue weighted by Gasteiger charge is -2.12. The number of benzene rings is 2. The van der Waals surface area contributed by atoms with Gasteiger partial charge in [-0.3, -0.25) is 4.79 Å². The highest BCUT2D eigenvalue weighted by molar-refractivity contribution is 8.00. The molecule has 2 aromatic carbocycles. The number of anilines is 1. The number of hydrogen-bond acceptors (Lipinski definition) is 6. The first-order valence-electron chi connectivity index (χ1n) is 8.58. The largest absolute Gasteiger partial charge is 0.325 e. The minimum atomic E-state index is -0.415. The molecule has 10 heteroatoms. The summed E-state index contributed by atoms with van der Waals surface area (Å²) in [4.78, 5) is 29.2. The normalized spacial score (nSPS) is 12.2. The van der Waals surface area contributed by atoms with Gasteiger partial charge in [-0.25, -0.2) is 9.48 Å². The van der Waals surface area contributed by atoms with E-state index in [1.807, 2.05) is 30.3 Å². The van der Waals surface area contributed by atoms with E-state index in [2.05, 4.69) is 30.8 Å². The number of imidazole rings is 1. The van der Waals surface area contributed by atoms with Crippen molar-refractivity contribution < 1.29 is 4.79 Å². The molecule has 0 fully saturated rings. The number of nitrogens with one attached hydrogen (secondary N) is 3. The maximum absolute atomic E-state index is 12.6. The van der Waals surface area contributed by atoms with Gasteiger partial charge in [0.1, 0.15) is 0 Å². The Morgan fingerprint density at radius 1 is 1.18 bits per heavy atom. The molecule has 0 spiro atoms. The summed E-state index contributed by atoms with van der Waals surface area (Å²) in [6, 6.07) is 15.0. The quantitative estimate of drug-likeness (QED) is 0.429. The van der Waals surface area contributed by atoms with E-state index in [1.54, 1.807) is 29.8 Å². The van der Waals surface area contributed by atoms with Crippen LogP contribution in [0, 0.1) is 0 Å². The van der Waals surface area contributed by atoms with Crippen molar-refractivity contribution in [3.8, 4) is 0 Å². The smallest absolute Gasteiger partial charge is 0.323 e. The number of thioether (sulfide) groups is 1. The number of carbonyl (C=O) groups is 1. The van der Waals surface area contributed by atoms with Crippen LogP contribution in [0.15, 0.2) is 58.5 Å². The van der Waals surface area contributed by atoms with E-state index >= 15 is 0 Å². The number of fused-ring (bicyclic) bond motifs is 1. The van der Waals surface area contributed by atoms with Gasteiger partial charge in [0.05, 0.1) is 22.8 Å². The SMILES string of the molecule is C[C@H](Sc1nnnn1Cc1ccccc1)C(=O)Nc1ccc2[nH]c(=O)[nH]c2c1. The van der Waals surface area contributed by atoms with Crippen LogP contribution < -0.4 is 11.0 Å². The van der Waals surface area contributed by atoms with Crippen LogP contribution >= 0.6 is 11.8 Å². The van der Waals surface area contributed by atoms with E-state index in [4.69, 9.17) is 0 Å². The minimum absolute atomic E-state index is 0.184. The summed E-state index contributed by atoms with van der Waals surface area (Å²) in [5.74, 6) is -0.184. The first-order valence-corrected chi connectivity index (χ1v) is 9.46. The topological polar surface area (TPSA) is 121 Å². The van der Waals surface area contributed by atoms with E-state index in [9.17, 15) is 9.59 Å². The summed E-state index contributed by atoms with van der Waals surface area (Å²) in [7, 11) is 0. The molecule has 28 heavy (non-hydrogen) atoms. The van der Waals surface area contributed by atoms with Gasteiger partial charge < -0.3 is 15.3 Å². The van der Waals surface area contributed by atoms with Crippen molar-refractivity contribution in [3.05, 3.63) is 64.6 Å². The Kier molecular flexibility index (Phi) is 4.94. The maximum atomic E-state index is 12.6. The predicted molar refractivity (Wildman–Crippen MR) is 106 cm³/mol. The Morgan fingerprint density at radius 2 is 1.96 bits per heavy atom. The summed E-state index contributed by atoms with van der Waals surface area (Å²) < 4.78 is 1.67. The number of H-pyrrole nitrogens is 2. The zero-order chi connectivity index (χ0) is 19.5. The second-order valence-electron chi connectivity index (χ2n) is 6.19. The standard InChI is InChI=1S/C18H17N7O2S/c1-11(16(26)19-13-7-8-14-15(9-13)21-17(27)20-14)28-18-22-23-24-25(18)10-12-5-3-2-4-6-12/h2-9,11H,10H2,1H3,(H,19,26)(H2,20,21,27)/t11-/m0/s1. The fourth-order valence-corrected chi connectivity index (χ4v) is 3.49. The van der Waals surface area contributed by atoms with E-state index in [0.29, 0.717) is 28.4 Å². The highest BCUT2D eigenvalue weighted by Crippen LogP contribution is 2.23. The van der Waals surface area contributed by atoms with Gasteiger partial charge >= 0.3 is 5.69 Å². The van der Waals surface area contributed by atoms with Crippen LogP contribution in [0.3, 0.4) is 0 Å². The Morgan fingerprint density at radius 3 is 2.79 bits per heavy atom. The van der Waals surface area contributed by atoms with Crippen LogP contribution in [0.25, 0.3) is 11.0 Å². The lowest BCUT2D eigenvalue weighted by Crippen LogP contribution is -2.23. The first kappa shape index (κ1) is 18.0. The number of rotatable bonds is 6. The number of aromatic nitrogens is 6. The van der Waals surface area contributed by atoms with Crippen molar-refractivity contribution in [3.63, 3.8) is 0 Å². The van der Waals surface area contributed by atoms with E-state index in [0.717, 1.165) is 5.56 Å². The van der Waals surface area contributed by atoms with Crippen molar-refractivity contribution in [2.24, 2.45) is 0 Å². The molecule has 2 aromatic heterocycles. The van der Waals surface area contributed by atoms with Crippen LogP contribution in [-0.2, 0) is 11.3 Å². The monoisotopic (exact) mass is 395 g/mol. The molecule has 1 amide bonds. The maximum Gasteiger partial charge on any atom is 0.323 e. The summed E-state index contributed by atoms with van der Waals surface area (Å²) in [5.41, 5.74) is 2.71. The van der Waals surface area contributed by atoms with E-state index in [-0.39, 0.29) is 11.6 Å². The molecule has 0 radical (unpaired) electrons. The molecule has 0 aliphatic carbocycles. The number of tetrazole rings is 1. The molecule has 0 bridgehead atoms. The van der Waals surface area contributed by atoms with Crippen molar-refractivity contribution in [2.45, 2.75) is 23.9 Å². The highest BCUT2D eigenvalue weighted by Gasteiger charge is 2.19. The highest BCUT2D eigenvalue weighted by atomic mass is 32.2. The van der Waals surface area contributed by atoms with Gasteiger partial charge in [0, 0.05) is 5.69 Å². The molecule has 3 N–H and O–H groups in total. The van der Waals surface area contributed by atoms with Gasteiger partial charge in [0.2, 0.25) is 11.1 Å². The van der Waals surface area contributed by atoms with Crippen molar-refractivity contribution in [1.82, 2.24) is 30.2 Å². The van der Waals surface area contributed by atoms with Crippen LogP contribution in [0.5, 0.6) is 0 Å². The Labute approximate surface area is 163 Å². The van der Waals surface area contributed by atoms with E-state index in [1.165, 1.54) is 11.8 Å². The lowest BCUT2D eigenvalue weighted by atomic mass is 10.2. The Bertz CT molecular complexity index is 1170. The molecule has 1 atom stereocenters. The van der Waals surface area contributed by atoms with Crippen LogP contribution in [0.2, 0.25) is 0 Å². The van der Waals surface area contributed by atoms with Crippen molar-refractivity contribution in [2.75, 3.05) is 5.32 Å². The summed E-state index contributed by atoms with van der Waals surface area (Å²) in [6.07, 6.45) is 0. The number of carbonyl (C=O) groups excluding carboxylic acids is 1.